The standard InChI is InChI=1S/C23H33N3O2S/c1-27-19-3-4-20(21(14-19)28-2)24-23(29)26-7-5-25(6-8-26)22-17-10-15-9-16(12-17)13-18(22)11-15/h3-4,14-18,22H,5-13H2,1-2H3,(H,24,29). The molecule has 4 bridgehead atoms. The minimum Gasteiger partial charge on any atom is -0.497 e. The number of nitrogens with one attached hydrogen (secondary N) is 1. The second kappa shape index (κ2) is 7.95. The molecule has 6 rings (SSSR count). The fourth-order valence-electron chi connectivity index (χ4n) is 6.81. The van der Waals surface area contributed by atoms with Gasteiger partial charge in [0.15, 0.2) is 5.11 Å². The summed E-state index contributed by atoms with van der Waals surface area (Å²) in [6.07, 6.45) is 7.51. The number of anilines is 1. The predicted molar refractivity (Wildman–Crippen MR) is 120 cm³/mol. The maximum Gasteiger partial charge on any atom is 0.173 e. The molecule has 5 fully saturated rings. The number of rotatable bonds is 4. The molecule has 5 nitrogen and oxygen atoms in total. The summed E-state index contributed by atoms with van der Waals surface area (Å²) in [5.74, 6) is 5.55. The number of methoxy groups -OCH3 is 2. The third-order valence-electron chi connectivity index (χ3n) is 7.85. The van der Waals surface area contributed by atoms with Gasteiger partial charge in [0.05, 0.1) is 19.9 Å². The fourth-order valence-corrected chi connectivity index (χ4v) is 7.10. The van der Waals surface area contributed by atoms with Crippen LogP contribution in [-0.4, -0.2) is 61.4 Å². The lowest BCUT2D eigenvalue weighted by molar-refractivity contribution is -0.0726. The van der Waals surface area contributed by atoms with Crippen LogP contribution in [0.4, 0.5) is 5.69 Å². The predicted octanol–water partition coefficient (Wildman–Crippen LogP) is 3.84. The first-order valence-electron chi connectivity index (χ1n) is 11.2. The van der Waals surface area contributed by atoms with Crippen LogP contribution in [0.5, 0.6) is 11.5 Å². The van der Waals surface area contributed by atoms with Gasteiger partial charge in [-0.15, -0.1) is 0 Å². The van der Waals surface area contributed by atoms with Gasteiger partial charge in [0, 0.05) is 38.3 Å². The van der Waals surface area contributed by atoms with Crippen molar-refractivity contribution in [2.45, 2.75) is 38.1 Å². The van der Waals surface area contributed by atoms with Crippen LogP contribution in [0.2, 0.25) is 0 Å². The first-order valence-corrected chi connectivity index (χ1v) is 11.6. The molecule has 0 atom stereocenters. The molecule has 29 heavy (non-hydrogen) atoms. The van der Waals surface area contributed by atoms with E-state index in [1.807, 2.05) is 18.2 Å². The van der Waals surface area contributed by atoms with Crippen molar-refractivity contribution in [3.63, 3.8) is 0 Å². The number of ether oxygens (including phenoxy) is 2. The van der Waals surface area contributed by atoms with Crippen LogP contribution >= 0.6 is 12.2 Å². The van der Waals surface area contributed by atoms with Crippen molar-refractivity contribution in [1.29, 1.82) is 0 Å². The average Bonchev–Trinajstić information content (AvgIpc) is 2.73. The summed E-state index contributed by atoms with van der Waals surface area (Å²) in [4.78, 5) is 5.12. The second-order valence-corrected chi connectivity index (χ2v) is 9.83. The van der Waals surface area contributed by atoms with Gasteiger partial charge in [-0.2, -0.15) is 0 Å². The van der Waals surface area contributed by atoms with Crippen LogP contribution in [-0.2, 0) is 0 Å². The molecule has 6 heteroatoms. The van der Waals surface area contributed by atoms with Crippen molar-refractivity contribution in [3.8, 4) is 11.5 Å². The molecule has 1 saturated heterocycles. The molecule has 0 aromatic heterocycles. The normalized spacial score (nSPS) is 33.6. The summed E-state index contributed by atoms with van der Waals surface area (Å²) < 4.78 is 10.8. The Morgan fingerprint density at radius 2 is 1.59 bits per heavy atom. The molecule has 1 aromatic carbocycles. The second-order valence-electron chi connectivity index (χ2n) is 9.44. The minimum atomic E-state index is 0.749. The maximum atomic E-state index is 5.73. The van der Waals surface area contributed by atoms with Gasteiger partial charge in [0.25, 0.3) is 0 Å². The van der Waals surface area contributed by atoms with Crippen LogP contribution in [0.1, 0.15) is 32.1 Å². The Kier molecular flexibility index (Phi) is 5.33. The SMILES string of the molecule is COc1ccc(NC(=S)N2CCN(C3C4CC5CC(C4)CC3C5)CC2)c(OC)c1. The zero-order valence-corrected chi connectivity index (χ0v) is 18.4. The fraction of sp³-hybridized carbons (Fsp3) is 0.696. The zero-order chi connectivity index (χ0) is 20.0. The third kappa shape index (κ3) is 3.70. The van der Waals surface area contributed by atoms with Gasteiger partial charge in [-0.3, -0.25) is 4.90 Å². The molecular formula is C23H33N3O2S. The van der Waals surface area contributed by atoms with Crippen molar-refractivity contribution in [2.75, 3.05) is 45.7 Å². The van der Waals surface area contributed by atoms with E-state index >= 15 is 0 Å². The molecular weight excluding hydrogens is 382 g/mol. The molecule has 5 aliphatic rings. The van der Waals surface area contributed by atoms with Gasteiger partial charge in [-0.25, -0.2) is 0 Å². The van der Waals surface area contributed by atoms with E-state index in [-0.39, 0.29) is 0 Å². The van der Waals surface area contributed by atoms with E-state index in [0.29, 0.717) is 0 Å². The molecule has 1 N–H and O–H groups in total. The van der Waals surface area contributed by atoms with E-state index in [9.17, 15) is 0 Å². The lowest BCUT2D eigenvalue weighted by atomic mass is 9.54. The number of hydrogen-bond donors (Lipinski definition) is 1. The zero-order valence-electron chi connectivity index (χ0n) is 17.6. The highest BCUT2D eigenvalue weighted by Crippen LogP contribution is 2.55. The van der Waals surface area contributed by atoms with Crippen LogP contribution < -0.4 is 14.8 Å². The van der Waals surface area contributed by atoms with Crippen LogP contribution in [0.15, 0.2) is 18.2 Å². The Bertz CT molecular complexity index is 734. The number of hydrogen-bond acceptors (Lipinski definition) is 4. The topological polar surface area (TPSA) is 37.0 Å². The summed E-state index contributed by atoms with van der Waals surface area (Å²) in [5.41, 5.74) is 0.891. The number of nitrogens with zero attached hydrogens (tertiary/aromatic N) is 2. The summed E-state index contributed by atoms with van der Waals surface area (Å²) in [6.45, 7) is 4.28. The monoisotopic (exact) mass is 415 g/mol. The lowest BCUT2D eigenvalue weighted by Gasteiger charge is -2.58. The van der Waals surface area contributed by atoms with Gasteiger partial charge in [-0.05, 0) is 80.1 Å². The van der Waals surface area contributed by atoms with Crippen molar-refractivity contribution < 1.29 is 9.47 Å². The average molecular weight is 416 g/mol. The van der Waals surface area contributed by atoms with Gasteiger partial charge >= 0.3 is 0 Å². The first kappa shape index (κ1) is 19.4. The van der Waals surface area contributed by atoms with E-state index in [4.69, 9.17) is 21.7 Å². The van der Waals surface area contributed by atoms with Gasteiger partial charge < -0.3 is 19.7 Å². The molecule has 158 valence electrons. The molecule has 0 amide bonds. The highest BCUT2D eigenvalue weighted by Gasteiger charge is 2.50. The van der Waals surface area contributed by atoms with E-state index in [1.54, 1.807) is 14.2 Å². The lowest BCUT2D eigenvalue weighted by Crippen LogP contribution is -2.60. The Labute approximate surface area is 179 Å². The molecule has 0 spiro atoms. The van der Waals surface area contributed by atoms with Crippen molar-refractivity contribution in [1.82, 2.24) is 9.80 Å². The maximum absolute atomic E-state index is 5.73. The molecule has 1 heterocycles. The van der Waals surface area contributed by atoms with E-state index < -0.39 is 0 Å². The smallest absolute Gasteiger partial charge is 0.173 e. The van der Waals surface area contributed by atoms with E-state index in [0.717, 1.165) is 78.2 Å². The van der Waals surface area contributed by atoms with Crippen molar-refractivity contribution in [3.05, 3.63) is 18.2 Å². The molecule has 0 radical (unpaired) electrons. The van der Waals surface area contributed by atoms with Gasteiger partial charge in [0.2, 0.25) is 0 Å². The molecule has 0 unspecified atom stereocenters. The van der Waals surface area contributed by atoms with Gasteiger partial charge in [-0.1, -0.05) is 0 Å². The Morgan fingerprint density at radius 3 is 2.17 bits per heavy atom. The highest BCUT2D eigenvalue weighted by atomic mass is 32.1. The summed E-state index contributed by atoms with van der Waals surface area (Å²) in [6, 6.07) is 6.62. The summed E-state index contributed by atoms with van der Waals surface area (Å²) in [7, 11) is 3.34. The molecule has 1 aliphatic heterocycles. The number of benzene rings is 1. The molecule has 4 saturated carbocycles. The molecule has 4 aliphatic carbocycles. The Balaban J connectivity index is 1.18. The number of thiocarbonyl (C=S) groups is 1. The van der Waals surface area contributed by atoms with Gasteiger partial charge in [0.1, 0.15) is 11.5 Å². The van der Waals surface area contributed by atoms with E-state index in [2.05, 4.69) is 15.1 Å². The van der Waals surface area contributed by atoms with Crippen LogP contribution in [0.25, 0.3) is 0 Å². The summed E-state index contributed by atoms with van der Waals surface area (Å²) in [5, 5.41) is 4.18. The number of piperazine rings is 1. The van der Waals surface area contributed by atoms with Crippen molar-refractivity contribution >= 4 is 23.0 Å². The Hall–Kier alpha value is -1.53. The Morgan fingerprint density at radius 1 is 0.931 bits per heavy atom. The quantitative estimate of drug-likeness (QED) is 0.753. The summed E-state index contributed by atoms with van der Waals surface area (Å²) >= 11 is 5.73. The van der Waals surface area contributed by atoms with E-state index in [1.165, 1.54) is 32.1 Å². The van der Waals surface area contributed by atoms with Crippen LogP contribution in [0, 0.1) is 23.7 Å². The van der Waals surface area contributed by atoms with Crippen molar-refractivity contribution in [2.24, 2.45) is 23.7 Å². The third-order valence-corrected chi connectivity index (χ3v) is 8.21. The molecule has 1 aromatic rings. The highest BCUT2D eigenvalue weighted by molar-refractivity contribution is 7.80. The first-order chi connectivity index (χ1) is 14.1. The van der Waals surface area contributed by atoms with Crippen LogP contribution in [0.3, 0.4) is 0 Å². The minimum absolute atomic E-state index is 0.749. The largest absolute Gasteiger partial charge is 0.497 e.